The van der Waals surface area contributed by atoms with Gasteiger partial charge in [-0.2, -0.15) is 0 Å². The number of anilines is 1. The number of fused-ring (bicyclic) bond motifs is 1. The molecule has 0 aliphatic heterocycles. The number of benzene rings is 1. The van der Waals surface area contributed by atoms with Crippen molar-refractivity contribution in [2.24, 2.45) is 0 Å². The lowest BCUT2D eigenvalue weighted by Gasteiger charge is -2.03. The lowest BCUT2D eigenvalue weighted by Crippen LogP contribution is -2.04. The molecular formula is C11H8FIN4O. The molecule has 1 aromatic carbocycles. The SMILES string of the molecule is Nc1nc2cc(I)c(F)cc2n1Cc1ccno1. The molecule has 2 N–H and O–H groups in total. The summed E-state index contributed by atoms with van der Waals surface area (Å²) in [6.07, 6.45) is 1.55. The molecule has 7 heteroatoms. The van der Waals surface area contributed by atoms with Crippen LogP contribution in [0.15, 0.2) is 28.9 Å². The Morgan fingerprint density at radius 3 is 3.00 bits per heavy atom. The topological polar surface area (TPSA) is 69.9 Å². The molecule has 3 aromatic rings. The van der Waals surface area contributed by atoms with Crippen LogP contribution in [0.3, 0.4) is 0 Å². The van der Waals surface area contributed by atoms with E-state index in [2.05, 4.69) is 10.1 Å². The van der Waals surface area contributed by atoms with Gasteiger partial charge in [-0.15, -0.1) is 0 Å². The van der Waals surface area contributed by atoms with Crippen molar-refractivity contribution >= 4 is 39.6 Å². The number of hydrogen-bond donors (Lipinski definition) is 1. The summed E-state index contributed by atoms with van der Waals surface area (Å²) in [6, 6.07) is 4.82. The van der Waals surface area contributed by atoms with Crippen LogP contribution in [0.5, 0.6) is 0 Å². The number of halogens is 2. The second-order valence-electron chi connectivity index (χ2n) is 3.79. The molecule has 18 heavy (non-hydrogen) atoms. The molecule has 0 aliphatic carbocycles. The Morgan fingerprint density at radius 2 is 2.28 bits per heavy atom. The predicted octanol–water partition coefficient (Wildman–Crippen LogP) is 2.40. The molecule has 0 spiro atoms. The second-order valence-corrected chi connectivity index (χ2v) is 4.95. The third-order valence-corrected chi connectivity index (χ3v) is 3.45. The summed E-state index contributed by atoms with van der Waals surface area (Å²) in [5, 5.41) is 3.62. The second kappa shape index (κ2) is 4.23. The van der Waals surface area contributed by atoms with Gasteiger partial charge in [0.05, 0.1) is 27.3 Å². The van der Waals surface area contributed by atoms with Crippen molar-refractivity contribution in [2.45, 2.75) is 6.54 Å². The number of nitrogen functional groups attached to an aromatic ring is 1. The van der Waals surface area contributed by atoms with Gasteiger partial charge in [0.1, 0.15) is 5.82 Å². The van der Waals surface area contributed by atoms with Crippen LogP contribution < -0.4 is 5.73 Å². The van der Waals surface area contributed by atoms with Crippen LogP contribution in [-0.4, -0.2) is 14.7 Å². The molecule has 0 bridgehead atoms. The summed E-state index contributed by atoms with van der Waals surface area (Å²) < 4.78 is 20.8. The Bertz CT molecular complexity index is 707. The van der Waals surface area contributed by atoms with Gasteiger partial charge in [0.15, 0.2) is 5.76 Å². The van der Waals surface area contributed by atoms with E-state index >= 15 is 0 Å². The van der Waals surface area contributed by atoms with Gasteiger partial charge >= 0.3 is 0 Å². The Labute approximate surface area is 115 Å². The van der Waals surface area contributed by atoms with E-state index in [0.717, 1.165) is 0 Å². The highest BCUT2D eigenvalue weighted by Gasteiger charge is 2.12. The lowest BCUT2D eigenvalue weighted by molar-refractivity contribution is 0.378. The zero-order valence-corrected chi connectivity index (χ0v) is 11.3. The van der Waals surface area contributed by atoms with Crippen LogP contribution >= 0.6 is 22.6 Å². The zero-order chi connectivity index (χ0) is 12.7. The standard InChI is InChI=1S/C11H8FIN4O/c12-7-3-10-9(4-8(7)13)16-11(14)17(10)5-6-1-2-15-18-6/h1-4H,5H2,(H2,14,16). The lowest BCUT2D eigenvalue weighted by atomic mass is 10.3. The Morgan fingerprint density at radius 1 is 1.44 bits per heavy atom. The van der Waals surface area contributed by atoms with Crippen molar-refractivity contribution in [1.29, 1.82) is 0 Å². The van der Waals surface area contributed by atoms with E-state index in [4.69, 9.17) is 10.3 Å². The first-order chi connectivity index (χ1) is 8.65. The summed E-state index contributed by atoms with van der Waals surface area (Å²) in [5.74, 6) is 0.671. The van der Waals surface area contributed by atoms with E-state index in [1.165, 1.54) is 6.07 Å². The molecule has 0 saturated carbocycles. The van der Waals surface area contributed by atoms with Crippen LogP contribution in [0, 0.1) is 9.39 Å². The Hall–Kier alpha value is -1.64. The summed E-state index contributed by atoms with van der Waals surface area (Å²) in [7, 11) is 0. The van der Waals surface area contributed by atoms with Crippen LogP contribution in [0.2, 0.25) is 0 Å². The highest BCUT2D eigenvalue weighted by Crippen LogP contribution is 2.23. The minimum absolute atomic E-state index is 0.290. The van der Waals surface area contributed by atoms with Gasteiger partial charge in [-0.3, -0.25) is 0 Å². The predicted molar refractivity (Wildman–Crippen MR) is 72.4 cm³/mol. The molecule has 0 radical (unpaired) electrons. The maximum atomic E-state index is 13.6. The number of hydrogen-bond acceptors (Lipinski definition) is 4. The van der Waals surface area contributed by atoms with Crippen LogP contribution in [0.25, 0.3) is 11.0 Å². The quantitative estimate of drug-likeness (QED) is 0.715. The van der Waals surface area contributed by atoms with Crippen molar-refractivity contribution in [2.75, 3.05) is 5.73 Å². The highest BCUT2D eigenvalue weighted by molar-refractivity contribution is 14.1. The van der Waals surface area contributed by atoms with Crippen LogP contribution in [0.1, 0.15) is 5.76 Å². The van der Waals surface area contributed by atoms with Gasteiger partial charge in [-0.25, -0.2) is 9.37 Å². The minimum atomic E-state index is -0.290. The molecule has 0 saturated heterocycles. The summed E-state index contributed by atoms with van der Waals surface area (Å²) in [6.45, 7) is 0.377. The Kier molecular flexibility index (Phi) is 2.69. The molecule has 0 unspecified atom stereocenters. The summed E-state index contributed by atoms with van der Waals surface area (Å²) in [4.78, 5) is 4.20. The van der Waals surface area contributed by atoms with Gasteiger partial charge in [-0.05, 0) is 28.7 Å². The molecule has 0 amide bonds. The number of imidazole rings is 1. The molecule has 0 aliphatic rings. The molecule has 0 atom stereocenters. The Balaban J connectivity index is 2.16. The molecule has 3 rings (SSSR count). The third kappa shape index (κ3) is 1.84. The van der Waals surface area contributed by atoms with E-state index in [-0.39, 0.29) is 5.82 Å². The van der Waals surface area contributed by atoms with Crippen LogP contribution in [0.4, 0.5) is 10.3 Å². The van der Waals surface area contributed by atoms with E-state index in [9.17, 15) is 4.39 Å². The summed E-state index contributed by atoms with van der Waals surface area (Å²) in [5.41, 5.74) is 7.14. The van der Waals surface area contributed by atoms with Gasteiger partial charge in [0.25, 0.3) is 0 Å². The fourth-order valence-corrected chi connectivity index (χ4v) is 2.24. The number of nitrogens with two attached hydrogens (primary N) is 1. The highest BCUT2D eigenvalue weighted by atomic mass is 127. The van der Waals surface area contributed by atoms with E-state index in [0.29, 0.717) is 32.9 Å². The smallest absolute Gasteiger partial charge is 0.201 e. The molecule has 92 valence electrons. The zero-order valence-electron chi connectivity index (χ0n) is 9.10. The average Bonchev–Trinajstić information content (AvgIpc) is 2.92. The monoisotopic (exact) mass is 358 g/mol. The fourth-order valence-electron chi connectivity index (χ4n) is 1.78. The fraction of sp³-hybridized carbons (Fsp3) is 0.0909. The maximum Gasteiger partial charge on any atom is 0.201 e. The first-order valence-electron chi connectivity index (χ1n) is 5.15. The third-order valence-electron chi connectivity index (χ3n) is 2.63. The van der Waals surface area contributed by atoms with Crippen molar-refractivity contribution in [3.8, 4) is 0 Å². The van der Waals surface area contributed by atoms with Crippen molar-refractivity contribution in [3.05, 3.63) is 39.5 Å². The molecule has 2 aromatic heterocycles. The number of aromatic nitrogens is 3. The van der Waals surface area contributed by atoms with Gasteiger partial charge in [0.2, 0.25) is 5.95 Å². The van der Waals surface area contributed by atoms with Gasteiger partial charge in [-0.1, -0.05) is 5.16 Å². The molecule has 5 nitrogen and oxygen atoms in total. The van der Waals surface area contributed by atoms with E-state index in [1.807, 2.05) is 22.6 Å². The van der Waals surface area contributed by atoms with Gasteiger partial charge in [0, 0.05) is 12.1 Å². The first kappa shape index (κ1) is 11.5. The van der Waals surface area contributed by atoms with Crippen molar-refractivity contribution < 1.29 is 8.91 Å². The van der Waals surface area contributed by atoms with Crippen molar-refractivity contribution in [3.63, 3.8) is 0 Å². The maximum absolute atomic E-state index is 13.6. The van der Waals surface area contributed by atoms with Crippen molar-refractivity contribution in [1.82, 2.24) is 14.7 Å². The first-order valence-corrected chi connectivity index (χ1v) is 6.23. The molecule has 2 heterocycles. The van der Waals surface area contributed by atoms with Gasteiger partial charge < -0.3 is 14.8 Å². The summed E-state index contributed by atoms with van der Waals surface area (Å²) >= 11 is 1.92. The molecule has 0 fully saturated rings. The molecular weight excluding hydrogens is 350 g/mol. The van der Waals surface area contributed by atoms with Crippen LogP contribution in [-0.2, 0) is 6.54 Å². The van der Waals surface area contributed by atoms with E-state index < -0.39 is 0 Å². The minimum Gasteiger partial charge on any atom is -0.369 e. The largest absolute Gasteiger partial charge is 0.369 e. The number of rotatable bonds is 2. The average molecular weight is 358 g/mol. The number of nitrogens with zero attached hydrogens (tertiary/aromatic N) is 3. The normalized spacial score (nSPS) is 11.2. The van der Waals surface area contributed by atoms with E-state index in [1.54, 1.807) is 22.9 Å².